The van der Waals surface area contributed by atoms with Crippen LogP contribution in [0.2, 0.25) is 5.15 Å². The van der Waals surface area contributed by atoms with E-state index in [9.17, 15) is 0 Å². The number of rotatable bonds is 2. The van der Waals surface area contributed by atoms with Crippen LogP contribution in [-0.2, 0) is 13.1 Å². The maximum absolute atomic E-state index is 6.39. The summed E-state index contributed by atoms with van der Waals surface area (Å²) in [5.74, 6) is 2.75. The number of halogens is 1. The number of pyridine rings is 1. The van der Waals surface area contributed by atoms with Crippen molar-refractivity contribution in [2.75, 3.05) is 11.4 Å². The molecule has 0 atom stereocenters. The van der Waals surface area contributed by atoms with Gasteiger partial charge in [0.1, 0.15) is 11.0 Å². The molecule has 0 unspecified atom stereocenters. The summed E-state index contributed by atoms with van der Waals surface area (Å²) in [4.78, 5) is 6.80. The molecular formula is C20H16ClN5. The third kappa shape index (κ3) is 2.52. The van der Waals surface area contributed by atoms with Gasteiger partial charge < -0.3 is 9.47 Å². The standard InChI is InChI=1S/C20H16ClN5/c21-19-16-9-5-4-8-15(16)12-17(22-19)25-10-11-26-18(13-25)23-24-20(26)14-6-2-1-3-7-14/h1-9,12H,10-11,13H2. The van der Waals surface area contributed by atoms with Crippen LogP contribution >= 0.6 is 11.6 Å². The molecule has 3 heterocycles. The van der Waals surface area contributed by atoms with Crippen LogP contribution < -0.4 is 4.90 Å². The topological polar surface area (TPSA) is 46.8 Å². The van der Waals surface area contributed by atoms with Crippen LogP contribution in [0.5, 0.6) is 0 Å². The first kappa shape index (κ1) is 15.3. The van der Waals surface area contributed by atoms with Crippen molar-refractivity contribution in [1.82, 2.24) is 19.7 Å². The van der Waals surface area contributed by atoms with Crippen LogP contribution in [0.3, 0.4) is 0 Å². The Morgan fingerprint density at radius 1 is 0.885 bits per heavy atom. The summed E-state index contributed by atoms with van der Waals surface area (Å²) >= 11 is 6.39. The minimum atomic E-state index is 0.537. The second-order valence-corrected chi connectivity index (χ2v) is 6.73. The number of aromatic nitrogens is 4. The molecule has 0 fully saturated rings. The summed E-state index contributed by atoms with van der Waals surface area (Å²) in [5, 5.41) is 11.4. The van der Waals surface area contributed by atoms with Crippen LogP contribution in [0.1, 0.15) is 5.82 Å². The quantitative estimate of drug-likeness (QED) is 0.503. The lowest BCUT2D eigenvalue weighted by atomic mass is 10.1. The molecule has 0 saturated carbocycles. The first-order valence-electron chi connectivity index (χ1n) is 8.57. The first-order chi connectivity index (χ1) is 12.8. The van der Waals surface area contributed by atoms with Gasteiger partial charge in [0, 0.05) is 24.0 Å². The lowest BCUT2D eigenvalue weighted by Crippen LogP contribution is -2.34. The fourth-order valence-electron chi connectivity index (χ4n) is 3.46. The van der Waals surface area contributed by atoms with Gasteiger partial charge in [0.25, 0.3) is 0 Å². The van der Waals surface area contributed by atoms with E-state index in [-0.39, 0.29) is 0 Å². The Kier molecular flexibility index (Phi) is 3.60. The summed E-state index contributed by atoms with van der Waals surface area (Å²) in [6.07, 6.45) is 0. The van der Waals surface area contributed by atoms with Gasteiger partial charge in [-0.2, -0.15) is 0 Å². The van der Waals surface area contributed by atoms with E-state index in [1.165, 1.54) is 0 Å². The summed E-state index contributed by atoms with van der Waals surface area (Å²) in [5.41, 5.74) is 1.09. The molecule has 6 heteroatoms. The highest BCUT2D eigenvalue weighted by Gasteiger charge is 2.23. The predicted octanol–water partition coefficient (Wildman–Crippen LogP) is 4.17. The van der Waals surface area contributed by atoms with Gasteiger partial charge in [0.15, 0.2) is 11.6 Å². The van der Waals surface area contributed by atoms with Crippen molar-refractivity contribution in [1.29, 1.82) is 0 Å². The average Bonchev–Trinajstić information content (AvgIpc) is 3.12. The molecule has 0 amide bonds. The number of hydrogen-bond donors (Lipinski definition) is 0. The minimum Gasteiger partial charge on any atom is -0.347 e. The molecule has 0 saturated heterocycles. The van der Waals surface area contributed by atoms with E-state index in [2.05, 4.69) is 48.9 Å². The molecule has 128 valence electrons. The third-order valence-corrected chi connectivity index (χ3v) is 5.08. The van der Waals surface area contributed by atoms with Crippen molar-refractivity contribution in [3.8, 4) is 11.4 Å². The van der Waals surface area contributed by atoms with Gasteiger partial charge in [-0.25, -0.2) is 4.98 Å². The molecule has 1 aliphatic rings. The number of anilines is 1. The molecule has 0 N–H and O–H groups in total. The van der Waals surface area contributed by atoms with Crippen molar-refractivity contribution < 1.29 is 0 Å². The van der Waals surface area contributed by atoms with E-state index in [1.54, 1.807) is 0 Å². The van der Waals surface area contributed by atoms with Crippen LogP contribution in [0, 0.1) is 0 Å². The van der Waals surface area contributed by atoms with Gasteiger partial charge in [-0.1, -0.05) is 66.2 Å². The van der Waals surface area contributed by atoms with Crippen molar-refractivity contribution >= 4 is 28.2 Å². The predicted molar refractivity (Wildman–Crippen MR) is 103 cm³/mol. The zero-order valence-electron chi connectivity index (χ0n) is 14.0. The molecule has 0 aliphatic carbocycles. The van der Waals surface area contributed by atoms with Crippen LogP contribution in [0.25, 0.3) is 22.2 Å². The van der Waals surface area contributed by atoms with Gasteiger partial charge >= 0.3 is 0 Å². The second kappa shape index (κ2) is 6.11. The average molecular weight is 362 g/mol. The molecule has 4 aromatic rings. The molecule has 0 spiro atoms. The highest BCUT2D eigenvalue weighted by Crippen LogP contribution is 2.29. The van der Waals surface area contributed by atoms with E-state index in [0.717, 1.165) is 46.9 Å². The monoisotopic (exact) mass is 361 g/mol. The number of nitrogens with zero attached hydrogens (tertiary/aromatic N) is 5. The molecule has 26 heavy (non-hydrogen) atoms. The third-order valence-electron chi connectivity index (χ3n) is 4.79. The van der Waals surface area contributed by atoms with E-state index in [4.69, 9.17) is 11.6 Å². The Bertz CT molecular complexity index is 1090. The Morgan fingerprint density at radius 2 is 1.69 bits per heavy atom. The highest BCUT2D eigenvalue weighted by molar-refractivity contribution is 6.34. The zero-order valence-corrected chi connectivity index (χ0v) is 14.8. The Balaban J connectivity index is 1.49. The van der Waals surface area contributed by atoms with E-state index >= 15 is 0 Å². The largest absolute Gasteiger partial charge is 0.347 e. The number of benzene rings is 2. The molecule has 1 aliphatic heterocycles. The number of fused-ring (bicyclic) bond motifs is 2. The summed E-state index contributed by atoms with van der Waals surface area (Å²) in [6, 6.07) is 20.3. The summed E-state index contributed by atoms with van der Waals surface area (Å²) < 4.78 is 2.19. The molecule has 0 radical (unpaired) electrons. The van der Waals surface area contributed by atoms with Crippen LogP contribution in [-0.4, -0.2) is 26.3 Å². The minimum absolute atomic E-state index is 0.537. The Hall–Kier alpha value is -2.92. The van der Waals surface area contributed by atoms with Crippen molar-refractivity contribution in [2.45, 2.75) is 13.1 Å². The Morgan fingerprint density at radius 3 is 2.58 bits per heavy atom. The molecule has 2 aromatic carbocycles. The fourth-order valence-corrected chi connectivity index (χ4v) is 3.72. The normalized spacial score (nSPS) is 13.8. The van der Waals surface area contributed by atoms with Gasteiger partial charge in [-0.15, -0.1) is 10.2 Å². The SMILES string of the molecule is Clc1nc(N2CCn3c(nnc3-c3ccccc3)C2)cc2ccccc12. The van der Waals surface area contributed by atoms with Crippen molar-refractivity contribution in [3.05, 3.63) is 71.6 Å². The zero-order chi connectivity index (χ0) is 17.5. The second-order valence-electron chi connectivity index (χ2n) is 6.37. The smallest absolute Gasteiger partial charge is 0.164 e. The molecule has 5 rings (SSSR count). The maximum Gasteiger partial charge on any atom is 0.164 e. The Labute approximate surface area is 155 Å². The summed E-state index contributed by atoms with van der Waals surface area (Å²) in [7, 11) is 0. The van der Waals surface area contributed by atoms with E-state index in [1.807, 2.05) is 36.4 Å². The first-order valence-corrected chi connectivity index (χ1v) is 8.95. The van der Waals surface area contributed by atoms with E-state index < -0.39 is 0 Å². The van der Waals surface area contributed by atoms with E-state index in [0.29, 0.717) is 11.7 Å². The van der Waals surface area contributed by atoms with Gasteiger partial charge in [-0.05, 0) is 11.5 Å². The summed E-state index contributed by atoms with van der Waals surface area (Å²) in [6.45, 7) is 2.33. The van der Waals surface area contributed by atoms with Gasteiger partial charge in [0.2, 0.25) is 0 Å². The van der Waals surface area contributed by atoms with Crippen LogP contribution in [0.15, 0.2) is 60.7 Å². The van der Waals surface area contributed by atoms with Crippen molar-refractivity contribution in [3.63, 3.8) is 0 Å². The highest BCUT2D eigenvalue weighted by atomic mass is 35.5. The molecule has 0 bridgehead atoms. The lowest BCUT2D eigenvalue weighted by Gasteiger charge is -2.29. The van der Waals surface area contributed by atoms with Gasteiger partial charge in [0.05, 0.1) is 6.54 Å². The maximum atomic E-state index is 6.39. The fraction of sp³-hybridized carbons (Fsp3) is 0.150. The molecule has 2 aromatic heterocycles. The van der Waals surface area contributed by atoms with Crippen molar-refractivity contribution in [2.24, 2.45) is 0 Å². The number of hydrogen-bond acceptors (Lipinski definition) is 4. The van der Waals surface area contributed by atoms with Crippen LogP contribution in [0.4, 0.5) is 5.82 Å². The molecule has 5 nitrogen and oxygen atoms in total. The lowest BCUT2D eigenvalue weighted by molar-refractivity contribution is 0.560. The molecular weight excluding hydrogens is 346 g/mol. The van der Waals surface area contributed by atoms with Gasteiger partial charge in [-0.3, -0.25) is 0 Å².